The Morgan fingerprint density at radius 1 is 1.22 bits per heavy atom. The van der Waals surface area contributed by atoms with Crippen molar-refractivity contribution in [2.24, 2.45) is 5.41 Å². The van der Waals surface area contributed by atoms with E-state index in [9.17, 15) is 0 Å². The van der Waals surface area contributed by atoms with Gasteiger partial charge in [-0.1, -0.05) is 25.3 Å². The van der Waals surface area contributed by atoms with Gasteiger partial charge in [-0.05, 0) is 55.4 Å². The first-order valence-corrected chi connectivity index (χ1v) is 8.50. The van der Waals surface area contributed by atoms with Crippen molar-refractivity contribution in [1.29, 1.82) is 0 Å². The van der Waals surface area contributed by atoms with Gasteiger partial charge in [0.1, 0.15) is 0 Å². The molecule has 0 saturated heterocycles. The Labute approximate surface area is 115 Å². The topological polar surface area (TPSA) is 12.0 Å². The number of aryl methyl sites for hydroxylation is 1. The second-order valence-electron chi connectivity index (χ2n) is 6.30. The molecule has 2 saturated carbocycles. The molecule has 1 N–H and O–H groups in total. The minimum Gasteiger partial charge on any atom is -0.313 e. The van der Waals surface area contributed by atoms with E-state index in [1.54, 1.807) is 4.88 Å². The van der Waals surface area contributed by atoms with Crippen molar-refractivity contribution in [3.63, 3.8) is 0 Å². The highest BCUT2D eigenvalue weighted by molar-refractivity contribution is 7.09. The van der Waals surface area contributed by atoms with Gasteiger partial charge >= 0.3 is 0 Å². The molecule has 2 fully saturated rings. The highest BCUT2D eigenvalue weighted by atomic mass is 32.1. The minimum absolute atomic E-state index is 0.616. The van der Waals surface area contributed by atoms with E-state index in [4.69, 9.17) is 0 Å². The van der Waals surface area contributed by atoms with Crippen LogP contribution in [0.25, 0.3) is 0 Å². The molecule has 100 valence electrons. The van der Waals surface area contributed by atoms with Crippen LogP contribution in [0.2, 0.25) is 0 Å². The molecule has 0 amide bonds. The minimum atomic E-state index is 0.616. The highest BCUT2D eigenvalue weighted by Gasteiger charge is 2.33. The van der Waals surface area contributed by atoms with Gasteiger partial charge < -0.3 is 5.32 Å². The predicted molar refractivity (Wildman–Crippen MR) is 79.2 cm³/mol. The third-order valence-electron chi connectivity index (χ3n) is 4.74. The summed E-state index contributed by atoms with van der Waals surface area (Å²) in [6.45, 7) is 1.28. The highest BCUT2D eigenvalue weighted by Crippen LogP contribution is 2.40. The summed E-state index contributed by atoms with van der Waals surface area (Å²) >= 11 is 1.93. The molecule has 2 aliphatic carbocycles. The normalized spacial score (nSPS) is 23.1. The second kappa shape index (κ2) is 5.75. The van der Waals surface area contributed by atoms with E-state index in [-0.39, 0.29) is 0 Å². The molecule has 2 heteroatoms. The van der Waals surface area contributed by atoms with Gasteiger partial charge in [0.2, 0.25) is 0 Å². The van der Waals surface area contributed by atoms with Gasteiger partial charge in [-0.15, -0.1) is 11.3 Å². The molecular formula is C16H25NS. The van der Waals surface area contributed by atoms with Crippen LogP contribution < -0.4 is 5.32 Å². The molecule has 3 rings (SSSR count). The standard InChI is InChI=1S/C16H25NS/c1-2-9-16(10-3-1,13-17-14-6-7-14)11-8-15-5-4-12-18-15/h4-5,12,14,17H,1-3,6-11,13H2. The maximum absolute atomic E-state index is 3.80. The van der Waals surface area contributed by atoms with Gasteiger partial charge in [0.25, 0.3) is 0 Å². The predicted octanol–water partition coefficient (Wildman–Crippen LogP) is 4.38. The van der Waals surface area contributed by atoms with Crippen LogP contribution in [0.5, 0.6) is 0 Å². The summed E-state index contributed by atoms with van der Waals surface area (Å²) in [5.41, 5.74) is 0.616. The third kappa shape index (κ3) is 3.36. The monoisotopic (exact) mass is 263 g/mol. The van der Waals surface area contributed by atoms with Crippen molar-refractivity contribution in [2.75, 3.05) is 6.54 Å². The second-order valence-corrected chi connectivity index (χ2v) is 7.33. The smallest absolute Gasteiger partial charge is 0.00684 e. The molecule has 2 aliphatic rings. The van der Waals surface area contributed by atoms with Gasteiger partial charge in [-0.3, -0.25) is 0 Å². The van der Waals surface area contributed by atoms with Crippen molar-refractivity contribution in [3.8, 4) is 0 Å². The molecule has 0 bridgehead atoms. The number of hydrogen-bond acceptors (Lipinski definition) is 2. The Morgan fingerprint density at radius 3 is 2.72 bits per heavy atom. The van der Waals surface area contributed by atoms with Gasteiger partial charge in [0, 0.05) is 17.5 Å². The van der Waals surface area contributed by atoms with Crippen LogP contribution in [0.1, 0.15) is 56.2 Å². The maximum Gasteiger partial charge on any atom is 0.00684 e. The zero-order valence-electron chi connectivity index (χ0n) is 11.3. The van der Waals surface area contributed by atoms with Crippen LogP contribution in [-0.4, -0.2) is 12.6 Å². The fourth-order valence-corrected chi connectivity index (χ4v) is 4.02. The zero-order chi connectivity index (χ0) is 12.3. The first-order chi connectivity index (χ1) is 8.86. The Bertz CT molecular complexity index is 347. The number of nitrogens with one attached hydrogen (secondary N) is 1. The van der Waals surface area contributed by atoms with Crippen LogP contribution >= 0.6 is 11.3 Å². The summed E-state index contributed by atoms with van der Waals surface area (Å²) in [5.74, 6) is 0. The lowest BCUT2D eigenvalue weighted by atomic mass is 9.71. The lowest BCUT2D eigenvalue weighted by Gasteiger charge is -2.38. The van der Waals surface area contributed by atoms with Crippen LogP contribution in [0.4, 0.5) is 0 Å². The number of rotatable bonds is 6. The summed E-state index contributed by atoms with van der Waals surface area (Å²) in [7, 11) is 0. The summed E-state index contributed by atoms with van der Waals surface area (Å²) in [5, 5.41) is 6.01. The average molecular weight is 263 g/mol. The van der Waals surface area contributed by atoms with Crippen molar-refractivity contribution in [2.45, 2.75) is 63.8 Å². The Balaban J connectivity index is 1.56. The van der Waals surface area contributed by atoms with Crippen molar-refractivity contribution in [3.05, 3.63) is 22.4 Å². The molecule has 0 unspecified atom stereocenters. The van der Waals surface area contributed by atoms with E-state index in [1.165, 1.54) is 64.3 Å². The SMILES string of the molecule is c1csc(CCC2(CNC3CC3)CCCCC2)c1. The molecule has 0 aromatic carbocycles. The summed E-state index contributed by atoms with van der Waals surface area (Å²) < 4.78 is 0. The summed E-state index contributed by atoms with van der Waals surface area (Å²) in [4.78, 5) is 1.58. The average Bonchev–Trinajstić information content (AvgIpc) is 3.10. The summed E-state index contributed by atoms with van der Waals surface area (Å²) in [6.07, 6.45) is 12.8. The number of hydrogen-bond donors (Lipinski definition) is 1. The van der Waals surface area contributed by atoms with Crippen molar-refractivity contribution >= 4 is 11.3 Å². The molecule has 1 heterocycles. The molecule has 1 aromatic rings. The van der Waals surface area contributed by atoms with Crippen LogP contribution in [0, 0.1) is 5.41 Å². The van der Waals surface area contributed by atoms with E-state index in [1.807, 2.05) is 11.3 Å². The molecule has 18 heavy (non-hydrogen) atoms. The van der Waals surface area contributed by atoms with E-state index in [0.29, 0.717) is 5.41 Å². The van der Waals surface area contributed by atoms with Gasteiger partial charge in [-0.25, -0.2) is 0 Å². The Kier molecular flexibility index (Phi) is 4.05. The molecule has 0 spiro atoms. The molecule has 0 radical (unpaired) electrons. The molecule has 0 atom stereocenters. The van der Waals surface area contributed by atoms with E-state index >= 15 is 0 Å². The van der Waals surface area contributed by atoms with E-state index in [0.717, 1.165) is 6.04 Å². The van der Waals surface area contributed by atoms with E-state index in [2.05, 4.69) is 22.8 Å². The lowest BCUT2D eigenvalue weighted by Crippen LogP contribution is -2.37. The van der Waals surface area contributed by atoms with Gasteiger partial charge in [0.15, 0.2) is 0 Å². The van der Waals surface area contributed by atoms with Crippen molar-refractivity contribution in [1.82, 2.24) is 5.32 Å². The number of thiophene rings is 1. The van der Waals surface area contributed by atoms with Crippen LogP contribution in [0.3, 0.4) is 0 Å². The van der Waals surface area contributed by atoms with Crippen LogP contribution in [0.15, 0.2) is 17.5 Å². The van der Waals surface area contributed by atoms with E-state index < -0.39 is 0 Å². The Morgan fingerprint density at radius 2 is 2.06 bits per heavy atom. The molecule has 0 aliphatic heterocycles. The van der Waals surface area contributed by atoms with Gasteiger partial charge in [0.05, 0.1) is 0 Å². The quantitative estimate of drug-likeness (QED) is 0.803. The van der Waals surface area contributed by atoms with Crippen LogP contribution in [-0.2, 0) is 6.42 Å². The Hall–Kier alpha value is -0.340. The van der Waals surface area contributed by atoms with Crippen molar-refractivity contribution < 1.29 is 0 Å². The molecule has 1 nitrogen and oxygen atoms in total. The third-order valence-corrected chi connectivity index (χ3v) is 5.68. The largest absolute Gasteiger partial charge is 0.313 e. The maximum atomic E-state index is 3.80. The summed E-state index contributed by atoms with van der Waals surface area (Å²) in [6, 6.07) is 5.36. The first kappa shape index (κ1) is 12.7. The zero-order valence-corrected chi connectivity index (χ0v) is 12.1. The molecule has 1 aromatic heterocycles. The molecular weight excluding hydrogens is 238 g/mol. The fraction of sp³-hybridized carbons (Fsp3) is 0.750. The van der Waals surface area contributed by atoms with Gasteiger partial charge in [-0.2, -0.15) is 0 Å². The fourth-order valence-electron chi connectivity index (χ4n) is 3.31. The lowest BCUT2D eigenvalue weighted by molar-refractivity contribution is 0.167. The first-order valence-electron chi connectivity index (χ1n) is 7.62.